The van der Waals surface area contributed by atoms with Crippen molar-refractivity contribution in [3.63, 3.8) is 0 Å². The molecule has 0 atom stereocenters. The minimum Gasteiger partial charge on any atom is -0.465 e. The molecule has 1 amide bonds. The Labute approximate surface area is 114 Å². The molecule has 0 aliphatic carbocycles. The van der Waals surface area contributed by atoms with Crippen molar-refractivity contribution >= 4 is 40.9 Å². The first kappa shape index (κ1) is 12.7. The van der Waals surface area contributed by atoms with Crippen LogP contribution in [0.1, 0.15) is 5.76 Å². The fourth-order valence-electron chi connectivity index (χ4n) is 1.35. The Hall–Kier alpha value is -1.71. The summed E-state index contributed by atoms with van der Waals surface area (Å²) >= 11 is 11.6. The summed E-state index contributed by atoms with van der Waals surface area (Å²) in [5.41, 5.74) is 0.543. The van der Waals surface area contributed by atoms with Crippen LogP contribution in [0.15, 0.2) is 47.1 Å². The number of halogens is 2. The first-order valence-corrected chi connectivity index (χ1v) is 5.88. The van der Waals surface area contributed by atoms with Crippen LogP contribution in [0, 0.1) is 0 Å². The molecule has 0 spiro atoms. The van der Waals surface area contributed by atoms with Crippen LogP contribution in [0.3, 0.4) is 0 Å². The Bertz CT molecular complexity index is 556. The van der Waals surface area contributed by atoms with E-state index in [2.05, 4.69) is 5.32 Å². The number of rotatable bonds is 3. The molecular formula is C13H9Cl2NO2. The second-order valence-corrected chi connectivity index (χ2v) is 4.37. The van der Waals surface area contributed by atoms with Gasteiger partial charge in [-0.2, -0.15) is 0 Å². The third kappa shape index (κ3) is 3.65. The van der Waals surface area contributed by atoms with Crippen molar-refractivity contribution in [2.75, 3.05) is 5.32 Å². The van der Waals surface area contributed by atoms with E-state index >= 15 is 0 Å². The summed E-state index contributed by atoms with van der Waals surface area (Å²) in [4.78, 5) is 11.6. The number of hydrogen-bond acceptors (Lipinski definition) is 2. The van der Waals surface area contributed by atoms with Crippen LogP contribution >= 0.6 is 23.2 Å². The molecule has 0 unspecified atom stereocenters. The number of hydrogen-bond donors (Lipinski definition) is 1. The lowest BCUT2D eigenvalue weighted by atomic mass is 10.3. The van der Waals surface area contributed by atoms with Gasteiger partial charge in [0, 0.05) is 21.8 Å². The number of carbonyl (C=O) groups is 1. The van der Waals surface area contributed by atoms with E-state index in [1.165, 1.54) is 12.3 Å². The first-order chi connectivity index (χ1) is 8.63. The first-order valence-electron chi connectivity index (χ1n) is 5.12. The van der Waals surface area contributed by atoms with Gasteiger partial charge in [-0.05, 0) is 36.4 Å². The number of carbonyl (C=O) groups excluding carboxylic acids is 1. The zero-order chi connectivity index (χ0) is 13.0. The van der Waals surface area contributed by atoms with Crippen LogP contribution in [-0.4, -0.2) is 5.91 Å². The van der Waals surface area contributed by atoms with E-state index < -0.39 is 0 Å². The normalized spacial score (nSPS) is 10.8. The summed E-state index contributed by atoms with van der Waals surface area (Å²) in [5.74, 6) is 0.319. The molecule has 1 N–H and O–H groups in total. The second kappa shape index (κ2) is 5.76. The second-order valence-electron chi connectivity index (χ2n) is 3.50. The maximum absolute atomic E-state index is 11.6. The lowest BCUT2D eigenvalue weighted by molar-refractivity contribution is -0.111. The van der Waals surface area contributed by atoms with Crippen molar-refractivity contribution in [1.82, 2.24) is 0 Å². The summed E-state index contributed by atoms with van der Waals surface area (Å²) in [5, 5.41) is 3.58. The summed E-state index contributed by atoms with van der Waals surface area (Å²) in [6.45, 7) is 0. The average Bonchev–Trinajstić information content (AvgIpc) is 2.77. The van der Waals surface area contributed by atoms with Gasteiger partial charge in [0.1, 0.15) is 5.76 Å². The molecule has 0 fully saturated rings. The molecule has 2 rings (SSSR count). The van der Waals surface area contributed by atoms with Gasteiger partial charge in [0.05, 0.1) is 6.26 Å². The molecule has 0 radical (unpaired) electrons. The SMILES string of the molecule is O=C(/C=C/c1ccco1)Nc1cc(Cl)cc(Cl)c1. The van der Waals surface area contributed by atoms with Gasteiger partial charge in [-0.1, -0.05) is 23.2 Å². The molecule has 2 aromatic rings. The fourth-order valence-corrected chi connectivity index (χ4v) is 1.88. The van der Waals surface area contributed by atoms with Crippen LogP contribution in [0.5, 0.6) is 0 Å². The molecule has 18 heavy (non-hydrogen) atoms. The van der Waals surface area contributed by atoms with Crippen LogP contribution in [0.2, 0.25) is 10.0 Å². The molecule has 0 aliphatic rings. The summed E-state index contributed by atoms with van der Waals surface area (Å²) in [6.07, 6.45) is 4.48. The molecule has 0 saturated carbocycles. The van der Waals surface area contributed by atoms with Crippen molar-refractivity contribution in [3.05, 3.63) is 58.5 Å². The molecule has 0 saturated heterocycles. The average molecular weight is 282 g/mol. The Morgan fingerprint density at radius 1 is 1.22 bits per heavy atom. The van der Waals surface area contributed by atoms with Gasteiger partial charge in [0.2, 0.25) is 5.91 Å². The summed E-state index contributed by atoms with van der Waals surface area (Å²) < 4.78 is 5.06. The number of nitrogens with one attached hydrogen (secondary N) is 1. The van der Waals surface area contributed by atoms with Gasteiger partial charge < -0.3 is 9.73 Å². The Morgan fingerprint density at radius 2 is 1.94 bits per heavy atom. The Kier molecular flexibility index (Phi) is 4.07. The van der Waals surface area contributed by atoms with Gasteiger partial charge in [0.15, 0.2) is 0 Å². The molecule has 1 aromatic heterocycles. The minimum absolute atomic E-state index is 0.287. The summed E-state index contributed by atoms with van der Waals surface area (Å²) in [7, 11) is 0. The molecule has 0 bridgehead atoms. The number of benzene rings is 1. The van der Waals surface area contributed by atoms with E-state index in [0.29, 0.717) is 21.5 Å². The lowest BCUT2D eigenvalue weighted by Gasteiger charge is -2.03. The lowest BCUT2D eigenvalue weighted by Crippen LogP contribution is -2.07. The third-order valence-corrected chi connectivity index (χ3v) is 2.51. The minimum atomic E-state index is -0.287. The zero-order valence-electron chi connectivity index (χ0n) is 9.19. The number of furan rings is 1. The Balaban J connectivity index is 2.03. The fraction of sp³-hybridized carbons (Fsp3) is 0. The highest BCUT2D eigenvalue weighted by Gasteiger charge is 2.01. The van der Waals surface area contributed by atoms with Crippen molar-refractivity contribution < 1.29 is 9.21 Å². The van der Waals surface area contributed by atoms with Gasteiger partial charge in [-0.3, -0.25) is 4.79 Å². The van der Waals surface area contributed by atoms with E-state index in [-0.39, 0.29) is 5.91 Å². The quantitative estimate of drug-likeness (QED) is 0.855. The van der Waals surface area contributed by atoms with Crippen molar-refractivity contribution in [1.29, 1.82) is 0 Å². The monoisotopic (exact) mass is 281 g/mol. The van der Waals surface area contributed by atoms with E-state index in [4.69, 9.17) is 27.6 Å². The number of anilines is 1. The molecule has 3 nitrogen and oxygen atoms in total. The van der Waals surface area contributed by atoms with E-state index in [1.807, 2.05) is 0 Å². The maximum Gasteiger partial charge on any atom is 0.248 e. The zero-order valence-corrected chi connectivity index (χ0v) is 10.7. The third-order valence-electron chi connectivity index (χ3n) is 2.07. The highest BCUT2D eigenvalue weighted by atomic mass is 35.5. The highest BCUT2D eigenvalue weighted by Crippen LogP contribution is 2.22. The van der Waals surface area contributed by atoms with Gasteiger partial charge >= 0.3 is 0 Å². The van der Waals surface area contributed by atoms with Gasteiger partial charge in [-0.15, -0.1) is 0 Å². The molecular weight excluding hydrogens is 273 g/mol. The van der Waals surface area contributed by atoms with E-state index in [0.717, 1.165) is 0 Å². The van der Waals surface area contributed by atoms with E-state index in [9.17, 15) is 4.79 Å². The van der Waals surface area contributed by atoms with E-state index in [1.54, 1.807) is 36.4 Å². The molecule has 1 heterocycles. The van der Waals surface area contributed by atoms with Crippen LogP contribution in [0.4, 0.5) is 5.69 Å². The standard InChI is InChI=1S/C13H9Cl2NO2/c14-9-6-10(15)8-11(7-9)16-13(17)4-3-12-2-1-5-18-12/h1-8H,(H,16,17)/b4-3+. The van der Waals surface area contributed by atoms with Crippen LogP contribution in [-0.2, 0) is 4.79 Å². The molecule has 0 aliphatic heterocycles. The molecule has 92 valence electrons. The molecule has 1 aromatic carbocycles. The van der Waals surface area contributed by atoms with Gasteiger partial charge in [0.25, 0.3) is 0 Å². The smallest absolute Gasteiger partial charge is 0.248 e. The molecule has 5 heteroatoms. The maximum atomic E-state index is 11.6. The van der Waals surface area contributed by atoms with Crippen LogP contribution < -0.4 is 5.32 Å². The number of amides is 1. The summed E-state index contributed by atoms with van der Waals surface area (Å²) in [6, 6.07) is 8.32. The highest BCUT2D eigenvalue weighted by molar-refractivity contribution is 6.35. The topological polar surface area (TPSA) is 42.2 Å². The van der Waals surface area contributed by atoms with Crippen molar-refractivity contribution in [2.45, 2.75) is 0 Å². The van der Waals surface area contributed by atoms with Crippen molar-refractivity contribution in [2.24, 2.45) is 0 Å². The predicted molar refractivity (Wildman–Crippen MR) is 72.8 cm³/mol. The van der Waals surface area contributed by atoms with Crippen molar-refractivity contribution in [3.8, 4) is 0 Å². The largest absolute Gasteiger partial charge is 0.465 e. The van der Waals surface area contributed by atoms with Crippen LogP contribution in [0.25, 0.3) is 6.08 Å². The van der Waals surface area contributed by atoms with Gasteiger partial charge in [-0.25, -0.2) is 0 Å². The Morgan fingerprint density at radius 3 is 2.56 bits per heavy atom. The predicted octanol–water partition coefficient (Wildman–Crippen LogP) is 4.24.